The summed E-state index contributed by atoms with van der Waals surface area (Å²) in [6.45, 7) is -0.000230. The Hall–Kier alpha value is -4.68. The van der Waals surface area contributed by atoms with Crippen LogP contribution in [-0.2, 0) is 25.6 Å². The minimum Gasteiger partial charge on any atom is -0.459 e. The molecule has 0 spiro atoms. The maximum Gasteiger partial charge on any atom is 0.338 e. The van der Waals surface area contributed by atoms with E-state index in [1.54, 1.807) is 0 Å². The van der Waals surface area contributed by atoms with Crippen LogP contribution in [0.3, 0.4) is 0 Å². The number of carbonyl (C=O) groups excluding carboxylic acids is 2. The summed E-state index contributed by atoms with van der Waals surface area (Å²) in [6, 6.07) is 19.2. The standard InChI is InChI=1S/C26H22N2O10/c29-25(18-6-10-20(11-7-18)27(31)32)37-16-23-24(22(15-36-23)35-14-17-4-2-1-3-5-17)38-26(30)19-8-12-21(13-9-19)28(33)34/h1-13,22-24H,14-16H2. The van der Waals surface area contributed by atoms with Crippen molar-refractivity contribution >= 4 is 23.3 Å². The van der Waals surface area contributed by atoms with Crippen molar-refractivity contribution in [3.05, 3.63) is 116 Å². The van der Waals surface area contributed by atoms with Crippen LogP contribution in [-0.4, -0.2) is 53.3 Å². The van der Waals surface area contributed by atoms with Crippen LogP contribution in [0.2, 0.25) is 0 Å². The number of non-ortho nitro benzene ring substituents is 2. The van der Waals surface area contributed by atoms with Gasteiger partial charge in [0.2, 0.25) is 0 Å². The molecule has 0 radical (unpaired) electrons. The summed E-state index contributed by atoms with van der Waals surface area (Å²) >= 11 is 0. The maximum atomic E-state index is 12.8. The lowest BCUT2D eigenvalue weighted by Crippen LogP contribution is -2.39. The third-order valence-corrected chi connectivity index (χ3v) is 5.76. The molecule has 3 aromatic carbocycles. The van der Waals surface area contributed by atoms with Crippen molar-refractivity contribution in [1.82, 2.24) is 0 Å². The van der Waals surface area contributed by atoms with E-state index in [-0.39, 0.29) is 42.3 Å². The first-order chi connectivity index (χ1) is 18.3. The predicted octanol–water partition coefficient (Wildman–Crippen LogP) is 3.87. The van der Waals surface area contributed by atoms with E-state index in [0.717, 1.165) is 5.56 Å². The van der Waals surface area contributed by atoms with E-state index in [1.165, 1.54) is 48.5 Å². The van der Waals surface area contributed by atoms with Crippen LogP contribution in [0, 0.1) is 20.2 Å². The Morgan fingerprint density at radius 2 is 1.37 bits per heavy atom. The van der Waals surface area contributed by atoms with Gasteiger partial charge in [-0.25, -0.2) is 9.59 Å². The zero-order chi connectivity index (χ0) is 27.1. The molecule has 1 aliphatic rings. The second kappa shape index (κ2) is 12.0. The van der Waals surface area contributed by atoms with Gasteiger partial charge in [-0.1, -0.05) is 30.3 Å². The lowest BCUT2D eigenvalue weighted by atomic mass is 10.1. The van der Waals surface area contributed by atoms with Crippen molar-refractivity contribution in [3.63, 3.8) is 0 Å². The van der Waals surface area contributed by atoms with Gasteiger partial charge in [-0.2, -0.15) is 0 Å². The van der Waals surface area contributed by atoms with Gasteiger partial charge >= 0.3 is 11.9 Å². The van der Waals surface area contributed by atoms with Crippen LogP contribution >= 0.6 is 0 Å². The number of rotatable bonds is 10. The summed E-state index contributed by atoms with van der Waals surface area (Å²) in [5.74, 6) is -1.49. The topological polar surface area (TPSA) is 157 Å². The van der Waals surface area contributed by atoms with E-state index >= 15 is 0 Å². The highest BCUT2D eigenvalue weighted by atomic mass is 16.6. The Kier molecular flexibility index (Phi) is 8.36. The van der Waals surface area contributed by atoms with Gasteiger partial charge in [-0.3, -0.25) is 20.2 Å². The highest BCUT2D eigenvalue weighted by Gasteiger charge is 2.42. The minimum absolute atomic E-state index is 0.0603. The molecule has 3 aromatic rings. The molecule has 1 heterocycles. The van der Waals surface area contributed by atoms with Crippen LogP contribution in [0.5, 0.6) is 0 Å². The van der Waals surface area contributed by atoms with E-state index in [9.17, 15) is 29.8 Å². The zero-order valence-electron chi connectivity index (χ0n) is 19.8. The fourth-order valence-corrected chi connectivity index (χ4v) is 3.73. The zero-order valence-corrected chi connectivity index (χ0v) is 19.8. The van der Waals surface area contributed by atoms with Crippen molar-refractivity contribution in [2.75, 3.05) is 13.2 Å². The van der Waals surface area contributed by atoms with Gasteiger partial charge < -0.3 is 18.9 Å². The van der Waals surface area contributed by atoms with E-state index in [4.69, 9.17) is 18.9 Å². The molecule has 38 heavy (non-hydrogen) atoms. The number of hydrogen-bond acceptors (Lipinski definition) is 10. The molecule has 196 valence electrons. The first kappa shape index (κ1) is 26.4. The molecule has 1 saturated heterocycles. The van der Waals surface area contributed by atoms with E-state index in [2.05, 4.69) is 0 Å². The lowest BCUT2D eigenvalue weighted by molar-refractivity contribution is -0.385. The van der Waals surface area contributed by atoms with Gasteiger partial charge in [0, 0.05) is 24.3 Å². The highest BCUT2D eigenvalue weighted by Crippen LogP contribution is 2.25. The number of esters is 2. The Balaban J connectivity index is 1.44. The summed E-state index contributed by atoms with van der Waals surface area (Å²) in [7, 11) is 0. The van der Waals surface area contributed by atoms with Gasteiger partial charge in [0.25, 0.3) is 11.4 Å². The molecule has 12 nitrogen and oxygen atoms in total. The monoisotopic (exact) mass is 522 g/mol. The van der Waals surface area contributed by atoms with Crippen molar-refractivity contribution in [2.24, 2.45) is 0 Å². The Morgan fingerprint density at radius 3 is 1.92 bits per heavy atom. The fraction of sp³-hybridized carbons (Fsp3) is 0.231. The summed E-state index contributed by atoms with van der Waals surface area (Å²) in [4.78, 5) is 45.9. The molecule has 0 N–H and O–H groups in total. The molecule has 0 aliphatic carbocycles. The van der Waals surface area contributed by atoms with Crippen molar-refractivity contribution in [1.29, 1.82) is 0 Å². The number of nitrogens with zero attached hydrogens (tertiary/aromatic N) is 2. The van der Waals surface area contributed by atoms with Gasteiger partial charge in [-0.15, -0.1) is 0 Å². The molecule has 1 aliphatic heterocycles. The number of ether oxygens (including phenoxy) is 4. The Labute approximate surface area is 216 Å². The largest absolute Gasteiger partial charge is 0.459 e. The average Bonchev–Trinajstić information content (AvgIpc) is 3.32. The van der Waals surface area contributed by atoms with Gasteiger partial charge in [0.05, 0.1) is 34.2 Å². The van der Waals surface area contributed by atoms with Crippen molar-refractivity contribution in [2.45, 2.75) is 24.9 Å². The van der Waals surface area contributed by atoms with E-state index in [1.807, 2.05) is 30.3 Å². The quantitative estimate of drug-likeness (QED) is 0.217. The third kappa shape index (κ3) is 6.55. The van der Waals surface area contributed by atoms with Crippen LogP contribution in [0.25, 0.3) is 0 Å². The summed E-state index contributed by atoms with van der Waals surface area (Å²) < 4.78 is 22.7. The van der Waals surface area contributed by atoms with Gasteiger partial charge in [0.1, 0.15) is 18.8 Å². The first-order valence-electron chi connectivity index (χ1n) is 11.5. The molecule has 3 atom stereocenters. The normalized spacial score (nSPS) is 18.5. The van der Waals surface area contributed by atoms with Crippen LogP contribution in [0.1, 0.15) is 26.3 Å². The van der Waals surface area contributed by atoms with Crippen LogP contribution in [0.15, 0.2) is 78.9 Å². The third-order valence-electron chi connectivity index (χ3n) is 5.76. The Bertz CT molecular complexity index is 1300. The molecule has 0 aromatic heterocycles. The first-order valence-corrected chi connectivity index (χ1v) is 11.5. The molecule has 4 rings (SSSR count). The number of hydrogen-bond donors (Lipinski definition) is 0. The number of benzene rings is 3. The molecular formula is C26H22N2O10. The van der Waals surface area contributed by atoms with Gasteiger partial charge in [0.15, 0.2) is 6.10 Å². The van der Waals surface area contributed by atoms with Crippen molar-refractivity contribution in [3.8, 4) is 0 Å². The Morgan fingerprint density at radius 1 is 0.816 bits per heavy atom. The summed E-state index contributed by atoms with van der Waals surface area (Å²) in [5, 5.41) is 21.7. The molecule has 0 amide bonds. The van der Waals surface area contributed by atoms with Crippen LogP contribution in [0.4, 0.5) is 11.4 Å². The van der Waals surface area contributed by atoms with Crippen molar-refractivity contribution < 1.29 is 38.4 Å². The lowest BCUT2D eigenvalue weighted by Gasteiger charge is -2.23. The second-order valence-electron chi connectivity index (χ2n) is 8.28. The van der Waals surface area contributed by atoms with Crippen LogP contribution < -0.4 is 0 Å². The second-order valence-corrected chi connectivity index (χ2v) is 8.28. The SMILES string of the molecule is O=C(OCC1OCC(OCc2ccccc2)C1OC(=O)c1ccc([N+](=O)[O-])cc1)c1ccc([N+](=O)[O-])cc1. The number of nitro groups is 2. The van der Waals surface area contributed by atoms with E-state index < -0.39 is 40.1 Å². The molecular weight excluding hydrogens is 500 g/mol. The fourth-order valence-electron chi connectivity index (χ4n) is 3.73. The molecule has 0 bridgehead atoms. The smallest absolute Gasteiger partial charge is 0.338 e. The summed E-state index contributed by atoms with van der Waals surface area (Å²) in [6.07, 6.45) is -2.49. The highest BCUT2D eigenvalue weighted by molar-refractivity contribution is 5.90. The molecule has 1 fully saturated rings. The van der Waals surface area contributed by atoms with Gasteiger partial charge in [-0.05, 0) is 29.8 Å². The maximum absolute atomic E-state index is 12.8. The average molecular weight is 522 g/mol. The number of carbonyl (C=O) groups is 2. The minimum atomic E-state index is -0.953. The molecule has 0 saturated carbocycles. The molecule has 12 heteroatoms. The molecule has 3 unspecified atom stereocenters. The number of nitro benzene ring substituents is 2. The summed E-state index contributed by atoms with van der Waals surface area (Å²) in [5.41, 5.74) is 0.736. The predicted molar refractivity (Wildman–Crippen MR) is 130 cm³/mol. The van der Waals surface area contributed by atoms with E-state index in [0.29, 0.717) is 0 Å².